The summed E-state index contributed by atoms with van der Waals surface area (Å²) in [5.41, 5.74) is 0.374. The zero-order valence-electron chi connectivity index (χ0n) is 10.8. The molecule has 0 atom stereocenters. The van der Waals surface area contributed by atoms with Gasteiger partial charge in [-0.25, -0.2) is 5.32 Å². The molecule has 1 saturated heterocycles. The van der Waals surface area contributed by atoms with Crippen molar-refractivity contribution in [3.05, 3.63) is 35.4 Å². The minimum atomic E-state index is -4.25. The van der Waals surface area contributed by atoms with Gasteiger partial charge in [0.15, 0.2) is 0 Å². The lowest BCUT2D eigenvalue weighted by atomic mass is 10.1. The third kappa shape index (κ3) is 4.51. The lowest BCUT2D eigenvalue weighted by molar-refractivity contribution is -0.137. The summed E-state index contributed by atoms with van der Waals surface area (Å²) < 4.78 is 37.3. The first kappa shape index (κ1) is 14.3. The predicted octanol–water partition coefficient (Wildman–Crippen LogP) is 2.56. The van der Waals surface area contributed by atoms with E-state index in [1.807, 2.05) is 0 Å². The Labute approximate surface area is 111 Å². The van der Waals surface area contributed by atoms with Crippen LogP contribution in [0.3, 0.4) is 0 Å². The van der Waals surface area contributed by atoms with Gasteiger partial charge in [-0.2, -0.15) is 13.2 Å². The molecule has 19 heavy (non-hydrogen) atoms. The van der Waals surface area contributed by atoms with E-state index >= 15 is 0 Å². The van der Waals surface area contributed by atoms with Gasteiger partial charge in [0.2, 0.25) is 0 Å². The van der Waals surface area contributed by atoms with E-state index in [-0.39, 0.29) is 0 Å². The van der Waals surface area contributed by atoms with Crippen LogP contribution in [0.15, 0.2) is 24.3 Å². The van der Waals surface area contributed by atoms with Crippen LogP contribution in [0.4, 0.5) is 13.2 Å². The normalized spacial score (nSPS) is 18.3. The fourth-order valence-electron chi connectivity index (χ4n) is 2.21. The Morgan fingerprint density at radius 2 is 1.79 bits per heavy atom. The number of benzene rings is 1. The minimum Gasteiger partial charge on any atom is -0.302 e. The second-order valence-corrected chi connectivity index (χ2v) is 4.81. The van der Waals surface area contributed by atoms with Gasteiger partial charge in [-0.1, -0.05) is 12.1 Å². The molecule has 105 valence electrons. The maximum absolute atomic E-state index is 12.4. The molecular weight excluding hydrogens is 253 g/mol. The number of alkyl halides is 3. The molecule has 1 aromatic rings. The van der Waals surface area contributed by atoms with E-state index in [1.54, 1.807) is 12.1 Å². The summed E-state index contributed by atoms with van der Waals surface area (Å²) >= 11 is 0. The smallest absolute Gasteiger partial charge is 0.302 e. The molecule has 0 unspecified atom stereocenters. The molecule has 0 bridgehead atoms. The van der Waals surface area contributed by atoms with E-state index in [1.165, 1.54) is 0 Å². The van der Waals surface area contributed by atoms with E-state index in [4.69, 9.17) is 0 Å². The van der Waals surface area contributed by atoms with Crippen molar-refractivity contribution in [2.75, 3.05) is 32.7 Å². The molecule has 2 nitrogen and oxygen atoms in total. The van der Waals surface area contributed by atoms with Crippen molar-refractivity contribution in [2.24, 2.45) is 0 Å². The van der Waals surface area contributed by atoms with Gasteiger partial charge in [0.05, 0.1) is 5.56 Å². The average molecular weight is 271 g/mol. The number of nitrogens with zero attached hydrogens (tertiary/aromatic N) is 2. The Kier molecular flexibility index (Phi) is 4.82. The quantitative estimate of drug-likeness (QED) is 0.826. The fourth-order valence-corrected chi connectivity index (χ4v) is 2.21. The maximum atomic E-state index is 12.4. The molecule has 1 radical (unpaired) electrons. The fraction of sp³-hybridized carbons (Fsp3) is 0.571. The Bertz CT molecular complexity index is 379. The van der Waals surface area contributed by atoms with Crippen LogP contribution in [0, 0.1) is 0 Å². The summed E-state index contributed by atoms with van der Waals surface area (Å²) in [7, 11) is 0. The van der Waals surface area contributed by atoms with Gasteiger partial charge in [0.1, 0.15) is 0 Å². The van der Waals surface area contributed by atoms with Gasteiger partial charge in [-0.3, -0.25) is 0 Å². The SMILES string of the molecule is FC(F)(F)c1ccc(CCN2CCC[N]CC2)cc1. The molecule has 5 heteroatoms. The van der Waals surface area contributed by atoms with Crippen molar-refractivity contribution < 1.29 is 13.2 Å². The van der Waals surface area contributed by atoms with E-state index < -0.39 is 11.7 Å². The van der Waals surface area contributed by atoms with Crippen LogP contribution < -0.4 is 5.32 Å². The lowest BCUT2D eigenvalue weighted by Gasteiger charge is -2.19. The van der Waals surface area contributed by atoms with Crippen molar-refractivity contribution >= 4 is 0 Å². The van der Waals surface area contributed by atoms with Gasteiger partial charge >= 0.3 is 6.18 Å². The molecule has 1 aliphatic heterocycles. The highest BCUT2D eigenvalue weighted by atomic mass is 19.4. The maximum Gasteiger partial charge on any atom is 0.416 e. The molecule has 1 aromatic carbocycles. The number of hydrogen-bond donors (Lipinski definition) is 0. The van der Waals surface area contributed by atoms with Crippen molar-refractivity contribution in [1.29, 1.82) is 0 Å². The first-order chi connectivity index (χ1) is 9.05. The van der Waals surface area contributed by atoms with E-state index in [0.29, 0.717) is 0 Å². The summed E-state index contributed by atoms with van der Waals surface area (Å²) in [6, 6.07) is 5.47. The number of halogens is 3. The largest absolute Gasteiger partial charge is 0.416 e. The highest BCUT2D eigenvalue weighted by Crippen LogP contribution is 2.29. The topological polar surface area (TPSA) is 17.3 Å². The Morgan fingerprint density at radius 1 is 1.05 bits per heavy atom. The van der Waals surface area contributed by atoms with Crippen molar-refractivity contribution in [3.63, 3.8) is 0 Å². The van der Waals surface area contributed by atoms with Crippen LogP contribution in [-0.2, 0) is 12.6 Å². The second-order valence-electron chi connectivity index (χ2n) is 4.81. The summed E-state index contributed by atoms with van der Waals surface area (Å²) in [5.74, 6) is 0. The predicted molar refractivity (Wildman–Crippen MR) is 68.1 cm³/mol. The van der Waals surface area contributed by atoms with Gasteiger partial charge in [-0.05, 0) is 37.1 Å². The average Bonchev–Trinajstić information content (AvgIpc) is 2.64. The van der Waals surface area contributed by atoms with E-state index in [9.17, 15) is 13.2 Å². The molecule has 2 rings (SSSR count). The zero-order chi connectivity index (χ0) is 13.7. The van der Waals surface area contributed by atoms with Crippen LogP contribution >= 0.6 is 0 Å². The second kappa shape index (κ2) is 6.39. The molecule has 1 aliphatic rings. The zero-order valence-corrected chi connectivity index (χ0v) is 10.8. The monoisotopic (exact) mass is 271 g/mol. The highest BCUT2D eigenvalue weighted by Gasteiger charge is 2.29. The molecule has 0 N–H and O–H groups in total. The Hall–Kier alpha value is -1.07. The Balaban J connectivity index is 1.85. The van der Waals surface area contributed by atoms with Crippen molar-refractivity contribution in [2.45, 2.75) is 19.0 Å². The minimum absolute atomic E-state index is 0.579. The van der Waals surface area contributed by atoms with Crippen LogP contribution in [-0.4, -0.2) is 37.6 Å². The summed E-state index contributed by atoms with van der Waals surface area (Å²) in [6.07, 6.45) is -2.38. The standard InChI is InChI=1S/C14H18F3N2/c15-14(16,17)13-4-2-12(3-5-13)6-10-19-9-1-7-18-8-11-19/h2-5H,1,6-11H2. The van der Waals surface area contributed by atoms with Crippen LogP contribution in [0.5, 0.6) is 0 Å². The molecule has 0 spiro atoms. The third-order valence-corrected chi connectivity index (χ3v) is 3.36. The lowest BCUT2D eigenvalue weighted by Crippen LogP contribution is -2.29. The van der Waals surface area contributed by atoms with Gasteiger partial charge in [0.25, 0.3) is 0 Å². The molecular formula is C14H18F3N2. The van der Waals surface area contributed by atoms with Crippen molar-refractivity contribution in [1.82, 2.24) is 10.2 Å². The number of hydrogen-bond acceptors (Lipinski definition) is 1. The molecule has 0 aromatic heterocycles. The van der Waals surface area contributed by atoms with E-state index in [2.05, 4.69) is 10.2 Å². The van der Waals surface area contributed by atoms with Gasteiger partial charge < -0.3 is 4.90 Å². The summed E-state index contributed by atoms with van der Waals surface area (Å²) in [4.78, 5) is 2.33. The van der Waals surface area contributed by atoms with Gasteiger partial charge in [0, 0.05) is 26.2 Å². The molecule has 1 fully saturated rings. The summed E-state index contributed by atoms with van der Waals surface area (Å²) in [5, 5.41) is 4.35. The van der Waals surface area contributed by atoms with Gasteiger partial charge in [-0.15, -0.1) is 0 Å². The molecule has 0 amide bonds. The molecule has 1 heterocycles. The van der Waals surface area contributed by atoms with Crippen LogP contribution in [0.25, 0.3) is 0 Å². The van der Waals surface area contributed by atoms with Crippen molar-refractivity contribution in [3.8, 4) is 0 Å². The Morgan fingerprint density at radius 3 is 2.47 bits per heavy atom. The van der Waals surface area contributed by atoms with Crippen LogP contribution in [0.1, 0.15) is 17.5 Å². The number of rotatable bonds is 3. The first-order valence-electron chi connectivity index (χ1n) is 6.57. The third-order valence-electron chi connectivity index (χ3n) is 3.36. The molecule has 0 aliphatic carbocycles. The van der Waals surface area contributed by atoms with E-state index in [0.717, 1.165) is 63.3 Å². The van der Waals surface area contributed by atoms with Crippen LogP contribution in [0.2, 0.25) is 0 Å². The summed E-state index contributed by atoms with van der Waals surface area (Å²) in [6.45, 7) is 4.68. The highest BCUT2D eigenvalue weighted by molar-refractivity contribution is 5.24. The first-order valence-corrected chi connectivity index (χ1v) is 6.57. The molecule has 0 saturated carbocycles.